The van der Waals surface area contributed by atoms with Gasteiger partial charge in [-0.1, -0.05) is 35.0 Å². The molecule has 4 nitrogen and oxygen atoms in total. The highest BCUT2D eigenvalue weighted by atomic mass is 35.5. The third kappa shape index (κ3) is 3.12. The smallest absolute Gasteiger partial charge is 0.337 e. The molecule has 0 atom stereocenters. The van der Waals surface area contributed by atoms with Crippen molar-refractivity contribution in [2.45, 2.75) is 9.92 Å². The van der Waals surface area contributed by atoms with Crippen LogP contribution in [0.3, 0.4) is 0 Å². The molecule has 19 heavy (non-hydrogen) atoms. The van der Waals surface area contributed by atoms with Crippen LogP contribution in [0.4, 0.5) is 5.69 Å². The van der Waals surface area contributed by atoms with Crippen molar-refractivity contribution >= 4 is 46.6 Å². The van der Waals surface area contributed by atoms with E-state index in [4.69, 9.17) is 34.0 Å². The number of nitrogens with zero attached hydrogens (tertiary/aromatic N) is 1. The van der Waals surface area contributed by atoms with Gasteiger partial charge in [0.05, 0.1) is 21.3 Å². The van der Waals surface area contributed by atoms with Crippen LogP contribution in [-0.2, 0) is 0 Å². The van der Waals surface area contributed by atoms with E-state index in [9.17, 15) is 4.79 Å². The molecular formula is C12H8Cl2N2O2S. The molecule has 0 saturated carbocycles. The molecule has 0 spiro atoms. The number of hydrogen-bond acceptors (Lipinski definition) is 4. The lowest BCUT2D eigenvalue weighted by Gasteiger charge is -2.07. The molecule has 2 rings (SSSR count). The second-order valence-electron chi connectivity index (χ2n) is 3.56. The summed E-state index contributed by atoms with van der Waals surface area (Å²) in [5.74, 6) is -1.09. The van der Waals surface area contributed by atoms with E-state index in [0.29, 0.717) is 15.1 Å². The number of carboxylic acids is 1. The average Bonchev–Trinajstić information content (AvgIpc) is 2.36. The predicted octanol–water partition coefficient (Wildman–Crippen LogP) is 3.82. The Kier molecular flexibility index (Phi) is 4.19. The minimum absolute atomic E-state index is 0.0255. The molecule has 0 bridgehead atoms. The van der Waals surface area contributed by atoms with Gasteiger partial charge in [-0.3, -0.25) is 0 Å². The lowest BCUT2D eigenvalue weighted by molar-refractivity contribution is 0.0697. The van der Waals surface area contributed by atoms with Crippen molar-refractivity contribution in [1.82, 2.24) is 4.98 Å². The van der Waals surface area contributed by atoms with Crippen LogP contribution in [0, 0.1) is 0 Å². The first-order valence-corrected chi connectivity index (χ1v) is 6.67. The third-order valence-corrected chi connectivity index (χ3v) is 4.04. The number of aromatic carboxylic acids is 1. The van der Waals surface area contributed by atoms with E-state index in [-0.39, 0.29) is 11.3 Å². The Morgan fingerprint density at radius 3 is 2.63 bits per heavy atom. The van der Waals surface area contributed by atoms with E-state index in [1.54, 1.807) is 18.2 Å². The zero-order chi connectivity index (χ0) is 14.0. The van der Waals surface area contributed by atoms with Crippen LogP contribution >= 0.6 is 35.0 Å². The van der Waals surface area contributed by atoms with Crippen LogP contribution in [-0.4, -0.2) is 16.1 Å². The summed E-state index contributed by atoms with van der Waals surface area (Å²) in [6.07, 6.45) is 1.40. The molecule has 0 saturated heterocycles. The van der Waals surface area contributed by atoms with Gasteiger partial charge < -0.3 is 10.8 Å². The molecule has 0 radical (unpaired) electrons. The number of anilines is 1. The van der Waals surface area contributed by atoms with Crippen molar-refractivity contribution in [1.29, 1.82) is 0 Å². The number of rotatable bonds is 3. The van der Waals surface area contributed by atoms with Crippen LogP contribution in [0.25, 0.3) is 0 Å². The molecule has 0 aliphatic carbocycles. The van der Waals surface area contributed by atoms with Crippen LogP contribution < -0.4 is 5.73 Å². The fourth-order valence-corrected chi connectivity index (χ4v) is 2.61. The highest BCUT2D eigenvalue weighted by Crippen LogP contribution is 2.34. The van der Waals surface area contributed by atoms with Crippen LogP contribution in [0.1, 0.15) is 10.4 Å². The Morgan fingerprint density at radius 2 is 2.00 bits per heavy atom. The van der Waals surface area contributed by atoms with E-state index >= 15 is 0 Å². The summed E-state index contributed by atoms with van der Waals surface area (Å²) in [7, 11) is 0. The third-order valence-electron chi connectivity index (χ3n) is 2.29. The van der Waals surface area contributed by atoms with Gasteiger partial charge in [0, 0.05) is 11.1 Å². The molecule has 7 heteroatoms. The number of pyridine rings is 1. The summed E-state index contributed by atoms with van der Waals surface area (Å²) in [5.41, 5.74) is 5.93. The van der Waals surface area contributed by atoms with Gasteiger partial charge in [0.25, 0.3) is 0 Å². The topological polar surface area (TPSA) is 76.2 Å². The van der Waals surface area contributed by atoms with E-state index in [0.717, 1.165) is 4.90 Å². The largest absolute Gasteiger partial charge is 0.478 e. The van der Waals surface area contributed by atoms with E-state index < -0.39 is 5.97 Å². The van der Waals surface area contributed by atoms with Crippen molar-refractivity contribution < 1.29 is 9.90 Å². The maximum atomic E-state index is 11.0. The molecule has 1 aromatic heterocycles. The fraction of sp³-hybridized carbons (Fsp3) is 0. The fourth-order valence-electron chi connectivity index (χ4n) is 1.37. The molecule has 0 aliphatic rings. The summed E-state index contributed by atoms with van der Waals surface area (Å²) >= 11 is 13.0. The monoisotopic (exact) mass is 314 g/mol. The lowest BCUT2D eigenvalue weighted by Crippen LogP contribution is -2.04. The van der Waals surface area contributed by atoms with E-state index in [1.807, 2.05) is 0 Å². The highest BCUT2D eigenvalue weighted by Gasteiger charge is 2.13. The first-order chi connectivity index (χ1) is 8.99. The first kappa shape index (κ1) is 14.0. The Morgan fingerprint density at radius 1 is 1.26 bits per heavy atom. The number of hydrogen-bond donors (Lipinski definition) is 2. The molecular weight excluding hydrogens is 307 g/mol. The zero-order valence-electron chi connectivity index (χ0n) is 9.43. The van der Waals surface area contributed by atoms with Gasteiger partial charge in [-0.05, 0) is 24.3 Å². The van der Waals surface area contributed by atoms with Gasteiger partial charge in [-0.15, -0.1) is 0 Å². The number of aromatic nitrogens is 1. The molecule has 1 aromatic carbocycles. The Balaban J connectivity index is 2.35. The van der Waals surface area contributed by atoms with Crippen molar-refractivity contribution in [3.8, 4) is 0 Å². The summed E-state index contributed by atoms with van der Waals surface area (Å²) < 4.78 is 0. The summed E-state index contributed by atoms with van der Waals surface area (Å²) in [4.78, 5) is 15.8. The Bertz CT molecular complexity index is 650. The number of nitrogens with two attached hydrogens (primary N) is 1. The van der Waals surface area contributed by atoms with Crippen LogP contribution in [0.5, 0.6) is 0 Å². The number of carboxylic acid groups (broad SMARTS) is 1. The van der Waals surface area contributed by atoms with Crippen molar-refractivity contribution in [2.75, 3.05) is 5.73 Å². The first-order valence-electron chi connectivity index (χ1n) is 5.09. The molecule has 2 aromatic rings. The number of halogens is 2. The number of benzene rings is 1. The van der Waals surface area contributed by atoms with Crippen LogP contribution in [0.15, 0.2) is 40.4 Å². The number of nitrogen functional groups attached to an aromatic ring is 1. The zero-order valence-corrected chi connectivity index (χ0v) is 11.8. The maximum absolute atomic E-state index is 11.0. The minimum atomic E-state index is -1.09. The van der Waals surface area contributed by atoms with Crippen molar-refractivity contribution in [3.63, 3.8) is 0 Å². The molecule has 0 unspecified atom stereocenters. The van der Waals surface area contributed by atoms with Crippen LogP contribution in [0.2, 0.25) is 10.0 Å². The molecule has 3 N–H and O–H groups in total. The van der Waals surface area contributed by atoms with E-state index in [2.05, 4.69) is 4.98 Å². The van der Waals surface area contributed by atoms with Crippen molar-refractivity contribution in [3.05, 3.63) is 46.1 Å². The second kappa shape index (κ2) is 5.69. The second-order valence-corrected chi connectivity index (χ2v) is 5.44. The molecule has 0 amide bonds. The minimum Gasteiger partial charge on any atom is -0.478 e. The van der Waals surface area contributed by atoms with Gasteiger partial charge in [0.2, 0.25) is 0 Å². The maximum Gasteiger partial charge on any atom is 0.337 e. The van der Waals surface area contributed by atoms with Gasteiger partial charge in [0.15, 0.2) is 0 Å². The van der Waals surface area contributed by atoms with Gasteiger partial charge in [-0.25, -0.2) is 9.78 Å². The standard InChI is InChI=1S/C12H8Cl2N2O2S/c13-8-2-1-6(5-9(8)14)19-11-10(15)7(12(17)18)3-4-16-11/h1-5H,15H2,(H,17,18). The lowest BCUT2D eigenvalue weighted by atomic mass is 10.2. The van der Waals surface area contributed by atoms with Gasteiger partial charge in [0.1, 0.15) is 5.03 Å². The van der Waals surface area contributed by atoms with Gasteiger partial charge >= 0.3 is 5.97 Å². The Hall–Kier alpha value is -1.43. The summed E-state index contributed by atoms with van der Waals surface area (Å²) in [5, 5.41) is 10.3. The summed E-state index contributed by atoms with van der Waals surface area (Å²) in [6.45, 7) is 0. The van der Waals surface area contributed by atoms with Crippen molar-refractivity contribution in [2.24, 2.45) is 0 Å². The van der Waals surface area contributed by atoms with E-state index in [1.165, 1.54) is 24.0 Å². The normalized spacial score (nSPS) is 10.4. The predicted molar refractivity (Wildman–Crippen MR) is 76.2 cm³/mol. The average molecular weight is 315 g/mol. The molecule has 1 heterocycles. The SMILES string of the molecule is Nc1c(C(=O)O)ccnc1Sc1ccc(Cl)c(Cl)c1. The highest BCUT2D eigenvalue weighted by molar-refractivity contribution is 7.99. The summed E-state index contributed by atoms with van der Waals surface area (Å²) in [6, 6.07) is 6.44. The Labute approximate surface area is 123 Å². The number of carbonyl (C=O) groups is 1. The molecule has 0 fully saturated rings. The molecule has 98 valence electrons. The molecule has 0 aliphatic heterocycles. The quantitative estimate of drug-likeness (QED) is 0.900. The van der Waals surface area contributed by atoms with Gasteiger partial charge in [-0.2, -0.15) is 0 Å².